The summed E-state index contributed by atoms with van der Waals surface area (Å²) in [7, 11) is 2.14. The first kappa shape index (κ1) is 25.1. The highest BCUT2D eigenvalue weighted by molar-refractivity contribution is 5.97. The third-order valence-electron chi connectivity index (χ3n) is 8.43. The molecule has 1 saturated carbocycles. The van der Waals surface area contributed by atoms with E-state index in [1.54, 1.807) is 12.4 Å². The van der Waals surface area contributed by atoms with Gasteiger partial charge in [0, 0.05) is 62.3 Å². The lowest BCUT2D eigenvalue weighted by Gasteiger charge is -2.34. The minimum atomic E-state index is -0.382. The number of halogens is 1. The summed E-state index contributed by atoms with van der Waals surface area (Å²) in [6, 6.07) is 7.61. The van der Waals surface area contributed by atoms with Crippen LogP contribution in [0.25, 0.3) is 44.7 Å². The molecular weight excluding hydrogens is 505 g/mol. The number of benzene rings is 1. The predicted molar refractivity (Wildman–Crippen MR) is 156 cm³/mol. The number of imidazole rings is 1. The molecule has 0 atom stereocenters. The smallest absolute Gasteiger partial charge is 0.180 e. The summed E-state index contributed by atoms with van der Waals surface area (Å²) in [5, 5.41) is 11.6. The van der Waals surface area contributed by atoms with Crippen molar-refractivity contribution in [3.05, 3.63) is 54.2 Å². The van der Waals surface area contributed by atoms with E-state index in [1.165, 1.54) is 31.7 Å². The zero-order valence-electron chi connectivity index (χ0n) is 22.8. The van der Waals surface area contributed by atoms with Crippen LogP contribution in [0.3, 0.4) is 0 Å². The standard InChI is InChI=1S/C30H34FN9/c1-39-8-10-40(11-9-39)25-6-7-34-29-28(25)35-30(36-29)27-23-13-21(14-24(31)26(23)37-38-27)22-12-20(17-33-18-22)16-32-15-19-4-2-3-5-19/h6-7,12-14,17-19,32H,2-5,8-11,15-16H2,1H3,(H,37,38)(H,34,35,36). The number of aromatic amines is 2. The van der Waals surface area contributed by atoms with Crippen LogP contribution in [0.4, 0.5) is 10.1 Å². The van der Waals surface area contributed by atoms with Crippen molar-refractivity contribution in [1.82, 2.24) is 40.3 Å². The Morgan fingerprint density at radius 2 is 1.90 bits per heavy atom. The first-order valence-electron chi connectivity index (χ1n) is 14.2. The average Bonchev–Trinajstić information content (AvgIpc) is 3.73. The molecular formula is C30H34FN9. The molecule has 2 fully saturated rings. The molecule has 40 heavy (non-hydrogen) atoms. The average molecular weight is 540 g/mol. The fraction of sp³-hybridized carbons (Fsp3) is 0.400. The van der Waals surface area contributed by atoms with Crippen LogP contribution in [0.2, 0.25) is 0 Å². The molecule has 0 radical (unpaired) electrons. The number of nitrogens with zero attached hydrogens (tertiary/aromatic N) is 6. The van der Waals surface area contributed by atoms with Gasteiger partial charge in [-0.25, -0.2) is 14.4 Å². The first-order chi connectivity index (χ1) is 19.6. The van der Waals surface area contributed by atoms with Crippen LogP contribution in [-0.2, 0) is 6.54 Å². The second-order valence-electron chi connectivity index (χ2n) is 11.2. The number of rotatable bonds is 7. The number of pyridine rings is 2. The molecule has 0 bridgehead atoms. The van der Waals surface area contributed by atoms with E-state index in [4.69, 9.17) is 4.98 Å². The quantitative estimate of drug-likeness (QED) is 0.275. The number of anilines is 1. The van der Waals surface area contributed by atoms with Gasteiger partial charge < -0.3 is 20.1 Å². The molecule has 9 nitrogen and oxygen atoms in total. The van der Waals surface area contributed by atoms with E-state index in [9.17, 15) is 0 Å². The summed E-state index contributed by atoms with van der Waals surface area (Å²) in [5.41, 5.74) is 6.23. The number of hydrogen-bond donors (Lipinski definition) is 3. The van der Waals surface area contributed by atoms with Gasteiger partial charge in [-0.05, 0) is 67.7 Å². The van der Waals surface area contributed by atoms with E-state index < -0.39 is 0 Å². The van der Waals surface area contributed by atoms with Crippen molar-refractivity contribution in [2.24, 2.45) is 5.92 Å². The number of hydrogen-bond acceptors (Lipinski definition) is 7. The van der Waals surface area contributed by atoms with Crippen molar-refractivity contribution in [2.75, 3.05) is 44.7 Å². The van der Waals surface area contributed by atoms with E-state index in [0.29, 0.717) is 22.6 Å². The lowest BCUT2D eigenvalue weighted by Crippen LogP contribution is -2.44. The Morgan fingerprint density at radius 1 is 1.05 bits per heavy atom. The molecule has 1 aliphatic carbocycles. The van der Waals surface area contributed by atoms with Crippen LogP contribution in [0.15, 0.2) is 42.9 Å². The predicted octanol–water partition coefficient (Wildman–Crippen LogP) is 4.73. The fourth-order valence-electron chi connectivity index (χ4n) is 6.13. The normalized spacial score (nSPS) is 17.0. The number of H-pyrrole nitrogens is 2. The highest BCUT2D eigenvalue weighted by Gasteiger charge is 2.21. The Morgan fingerprint density at radius 3 is 2.75 bits per heavy atom. The lowest BCUT2D eigenvalue weighted by atomic mass is 10.0. The molecule has 1 aromatic carbocycles. The maximum absolute atomic E-state index is 15.3. The van der Waals surface area contributed by atoms with Crippen LogP contribution < -0.4 is 10.2 Å². The van der Waals surface area contributed by atoms with Crippen molar-refractivity contribution in [2.45, 2.75) is 32.2 Å². The van der Waals surface area contributed by atoms with Gasteiger partial charge in [0.15, 0.2) is 17.3 Å². The third kappa shape index (κ3) is 4.82. The minimum absolute atomic E-state index is 0.286. The Hall–Kier alpha value is -3.89. The summed E-state index contributed by atoms with van der Waals surface area (Å²) in [4.78, 5) is 21.9. The Bertz CT molecular complexity index is 1640. The third-order valence-corrected chi connectivity index (χ3v) is 8.43. The van der Waals surface area contributed by atoms with Crippen molar-refractivity contribution in [3.63, 3.8) is 0 Å². The minimum Gasteiger partial charge on any atom is -0.367 e. The van der Waals surface area contributed by atoms with Gasteiger partial charge >= 0.3 is 0 Å². The number of fused-ring (bicyclic) bond motifs is 2. The number of piperazine rings is 1. The van der Waals surface area contributed by atoms with Crippen molar-refractivity contribution >= 4 is 27.8 Å². The molecule has 4 aromatic heterocycles. The van der Waals surface area contributed by atoms with Crippen LogP contribution in [0.5, 0.6) is 0 Å². The highest BCUT2D eigenvalue weighted by atomic mass is 19.1. The number of aromatic nitrogens is 6. The second-order valence-corrected chi connectivity index (χ2v) is 11.2. The highest BCUT2D eigenvalue weighted by Crippen LogP contribution is 2.33. The van der Waals surface area contributed by atoms with Crippen molar-refractivity contribution in [3.8, 4) is 22.6 Å². The van der Waals surface area contributed by atoms with Crippen LogP contribution in [0, 0.1) is 11.7 Å². The monoisotopic (exact) mass is 539 g/mol. The van der Waals surface area contributed by atoms with Crippen molar-refractivity contribution < 1.29 is 4.39 Å². The van der Waals surface area contributed by atoms with E-state index in [-0.39, 0.29) is 11.3 Å². The lowest BCUT2D eigenvalue weighted by molar-refractivity contribution is 0.313. The molecule has 0 amide bonds. The van der Waals surface area contributed by atoms with E-state index in [1.807, 2.05) is 18.3 Å². The summed E-state index contributed by atoms with van der Waals surface area (Å²) < 4.78 is 15.3. The Labute approximate surface area is 232 Å². The summed E-state index contributed by atoms with van der Waals surface area (Å²) in [6.07, 6.45) is 10.8. The molecule has 5 aromatic rings. The maximum Gasteiger partial charge on any atom is 0.180 e. The number of likely N-dealkylation sites (N-methyl/N-ethyl adjacent to an activating group) is 1. The second kappa shape index (κ2) is 10.6. The number of nitrogens with one attached hydrogen (secondary N) is 3. The molecule has 10 heteroatoms. The van der Waals surface area contributed by atoms with Gasteiger partial charge in [-0.1, -0.05) is 12.8 Å². The summed E-state index contributed by atoms with van der Waals surface area (Å²) >= 11 is 0. The van der Waals surface area contributed by atoms with Gasteiger partial charge in [0.2, 0.25) is 0 Å². The molecule has 2 aliphatic rings. The van der Waals surface area contributed by atoms with Crippen LogP contribution in [0.1, 0.15) is 31.2 Å². The molecule has 3 N–H and O–H groups in total. The van der Waals surface area contributed by atoms with Gasteiger partial charge in [0.25, 0.3) is 0 Å². The SMILES string of the molecule is CN1CCN(c2ccnc3nc(-c4[nH]nc5c(F)cc(-c6cncc(CNCC7CCCC7)c6)cc45)[nH]c23)CC1. The topological polar surface area (TPSA) is 102 Å². The molecule has 0 spiro atoms. The summed E-state index contributed by atoms with van der Waals surface area (Å²) in [6.45, 7) is 5.67. The van der Waals surface area contributed by atoms with Gasteiger partial charge in [0.05, 0.1) is 5.69 Å². The molecule has 0 unspecified atom stereocenters. The van der Waals surface area contributed by atoms with Gasteiger partial charge in [0.1, 0.15) is 16.7 Å². The molecule has 1 aliphatic heterocycles. The van der Waals surface area contributed by atoms with E-state index in [0.717, 1.165) is 73.1 Å². The fourth-order valence-corrected chi connectivity index (χ4v) is 6.13. The van der Waals surface area contributed by atoms with Crippen molar-refractivity contribution in [1.29, 1.82) is 0 Å². The van der Waals surface area contributed by atoms with Gasteiger partial charge in [-0.2, -0.15) is 5.10 Å². The largest absolute Gasteiger partial charge is 0.367 e. The van der Waals surface area contributed by atoms with Gasteiger partial charge in [-0.3, -0.25) is 10.1 Å². The summed E-state index contributed by atoms with van der Waals surface area (Å²) in [5.74, 6) is 0.983. The van der Waals surface area contributed by atoms with Gasteiger partial charge in [-0.15, -0.1) is 0 Å². The molecule has 7 rings (SSSR count). The maximum atomic E-state index is 15.3. The zero-order valence-corrected chi connectivity index (χ0v) is 22.8. The molecule has 1 saturated heterocycles. The molecule has 5 heterocycles. The molecule has 206 valence electrons. The van der Waals surface area contributed by atoms with E-state index >= 15 is 4.39 Å². The first-order valence-corrected chi connectivity index (χ1v) is 14.2. The Kier molecular flexibility index (Phi) is 6.65. The zero-order chi connectivity index (χ0) is 27.1. The van der Waals surface area contributed by atoms with E-state index in [2.05, 4.69) is 53.4 Å². The Balaban J connectivity index is 1.19. The van der Waals surface area contributed by atoms with Crippen LogP contribution in [-0.4, -0.2) is 74.8 Å². The van der Waals surface area contributed by atoms with Crippen LogP contribution >= 0.6 is 0 Å².